The summed E-state index contributed by atoms with van der Waals surface area (Å²) in [6.07, 6.45) is 1.65. The average molecular weight is 231 g/mol. The summed E-state index contributed by atoms with van der Waals surface area (Å²) in [5.74, 6) is 0.730. The van der Waals surface area contributed by atoms with Crippen molar-refractivity contribution in [1.29, 1.82) is 0 Å². The van der Waals surface area contributed by atoms with E-state index in [0.29, 0.717) is 18.2 Å². The van der Waals surface area contributed by atoms with Crippen LogP contribution >= 0.6 is 0 Å². The Hall–Kier alpha value is -1.31. The second kappa shape index (κ2) is 4.91. The number of benzene rings is 1. The van der Waals surface area contributed by atoms with Crippen LogP contribution in [0.5, 0.6) is 0 Å². The van der Waals surface area contributed by atoms with Gasteiger partial charge in [0.2, 0.25) is 5.91 Å². The largest absolute Gasteiger partial charge is 0.336 e. The van der Waals surface area contributed by atoms with Crippen molar-refractivity contribution in [3.8, 4) is 0 Å². The fraction of sp³-hybridized carbons (Fsp3) is 0.533. The minimum Gasteiger partial charge on any atom is -0.336 e. The predicted octanol–water partition coefficient (Wildman–Crippen LogP) is 3.18. The van der Waals surface area contributed by atoms with Crippen molar-refractivity contribution in [2.45, 2.75) is 39.7 Å². The van der Waals surface area contributed by atoms with Crippen molar-refractivity contribution in [1.82, 2.24) is 4.90 Å². The molecule has 0 aliphatic carbocycles. The molecular weight excluding hydrogens is 210 g/mol. The standard InChI is InChI=1S/C15H21NO/c1-11(2)10-15(17)16-9-8-13-6-4-5-7-14(13)12(16)3/h4-7,11-12H,8-10H2,1-3H3. The number of amides is 1. The lowest BCUT2D eigenvalue weighted by Gasteiger charge is -2.35. The Morgan fingerprint density at radius 2 is 2.12 bits per heavy atom. The Labute approximate surface area is 104 Å². The summed E-state index contributed by atoms with van der Waals surface area (Å²) in [6.45, 7) is 7.20. The molecule has 17 heavy (non-hydrogen) atoms. The molecule has 1 aliphatic rings. The van der Waals surface area contributed by atoms with Gasteiger partial charge in [0.25, 0.3) is 0 Å². The summed E-state index contributed by atoms with van der Waals surface area (Å²) in [5, 5.41) is 0. The van der Waals surface area contributed by atoms with Gasteiger partial charge in [-0.15, -0.1) is 0 Å². The zero-order valence-electron chi connectivity index (χ0n) is 10.9. The third-order valence-corrected chi connectivity index (χ3v) is 3.50. The fourth-order valence-electron chi connectivity index (χ4n) is 2.58. The fourth-order valence-corrected chi connectivity index (χ4v) is 2.58. The number of hydrogen-bond acceptors (Lipinski definition) is 1. The van der Waals surface area contributed by atoms with Crippen molar-refractivity contribution in [2.24, 2.45) is 5.92 Å². The summed E-state index contributed by atoms with van der Waals surface area (Å²) in [5.41, 5.74) is 2.71. The van der Waals surface area contributed by atoms with E-state index in [1.165, 1.54) is 11.1 Å². The Morgan fingerprint density at radius 1 is 1.41 bits per heavy atom. The lowest BCUT2D eigenvalue weighted by molar-refractivity contribution is -0.134. The molecule has 1 atom stereocenters. The van der Waals surface area contributed by atoms with Crippen molar-refractivity contribution in [3.05, 3.63) is 35.4 Å². The van der Waals surface area contributed by atoms with E-state index >= 15 is 0 Å². The molecule has 0 N–H and O–H groups in total. The molecular formula is C15H21NO. The first-order valence-corrected chi connectivity index (χ1v) is 6.47. The maximum Gasteiger partial charge on any atom is 0.223 e. The van der Waals surface area contributed by atoms with Crippen LogP contribution in [0.1, 0.15) is 44.4 Å². The molecule has 0 radical (unpaired) electrons. The Morgan fingerprint density at radius 3 is 2.82 bits per heavy atom. The summed E-state index contributed by atoms with van der Waals surface area (Å²) in [4.78, 5) is 14.2. The number of carbonyl (C=O) groups excluding carboxylic acids is 1. The molecule has 1 aliphatic heterocycles. The van der Waals surface area contributed by atoms with E-state index in [9.17, 15) is 4.79 Å². The summed E-state index contributed by atoms with van der Waals surface area (Å²) in [7, 11) is 0. The highest BCUT2D eigenvalue weighted by Crippen LogP contribution is 2.29. The van der Waals surface area contributed by atoms with Gasteiger partial charge >= 0.3 is 0 Å². The zero-order valence-corrected chi connectivity index (χ0v) is 10.9. The van der Waals surface area contributed by atoms with Crippen LogP contribution in [0.2, 0.25) is 0 Å². The second-order valence-electron chi connectivity index (χ2n) is 5.31. The highest BCUT2D eigenvalue weighted by molar-refractivity contribution is 5.77. The van der Waals surface area contributed by atoms with Gasteiger partial charge in [0.15, 0.2) is 0 Å². The van der Waals surface area contributed by atoms with Gasteiger partial charge in [-0.1, -0.05) is 38.1 Å². The van der Waals surface area contributed by atoms with Crippen molar-refractivity contribution < 1.29 is 4.79 Å². The molecule has 0 fully saturated rings. The monoisotopic (exact) mass is 231 g/mol. The number of rotatable bonds is 2. The lowest BCUT2D eigenvalue weighted by atomic mass is 9.93. The van der Waals surface area contributed by atoms with Gasteiger partial charge < -0.3 is 4.90 Å². The molecule has 92 valence electrons. The minimum atomic E-state index is 0.228. The lowest BCUT2D eigenvalue weighted by Crippen LogP contribution is -2.39. The van der Waals surface area contributed by atoms with Gasteiger partial charge in [-0.2, -0.15) is 0 Å². The van der Waals surface area contributed by atoms with Crippen LogP contribution in [0.3, 0.4) is 0 Å². The van der Waals surface area contributed by atoms with Crippen LogP contribution in [0.25, 0.3) is 0 Å². The molecule has 0 aromatic heterocycles. The van der Waals surface area contributed by atoms with Crippen LogP contribution in [-0.4, -0.2) is 17.4 Å². The summed E-state index contributed by atoms with van der Waals surface area (Å²) >= 11 is 0. The highest BCUT2D eigenvalue weighted by atomic mass is 16.2. The molecule has 2 rings (SSSR count). The van der Waals surface area contributed by atoms with Crippen LogP contribution in [0.15, 0.2) is 24.3 Å². The first kappa shape index (κ1) is 12.2. The van der Waals surface area contributed by atoms with Crippen LogP contribution in [0, 0.1) is 5.92 Å². The highest BCUT2D eigenvalue weighted by Gasteiger charge is 2.27. The molecule has 1 heterocycles. The van der Waals surface area contributed by atoms with Gasteiger partial charge in [-0.05, 0) is 30.4 Å². The number of hydrogen-bond donors (Lipinski definition) is 0. The van der Waals surface area contributed by atoms with Gasteiger partial charge in [-0.25, -0.2) is 0 Å². The summed E-state index contributed by atoms with van der Waals surface area (Å²) in [6, 6.07) is 8.69. The van der Waals surface area contributed by atoms with Gasteiger partial charge in [0.1, 0.15) is 0 Å². The van der Waals surface area contributed by atoms with Crippen molar-refractivity contribution >= 4 is 5.91 Å². The third kappa shape index (κ3) is 2.51. The van der Waals surface area contributed by atoms with Crippen LogP contribution < -0.4 is 0 Å². The first-order valence-electron chi connectivity index (χ1n) is 6.47. The molecule has 1 amide bonds. The van der Waals surface area contributed by atoms with Crippen molar-refractivity contribution in [3.63, 3.8) is 0 Å². The average Bonchev–Trinajstić information content (AvgIpc) is 2.28. The topological polar surface area (TPSA) is 20.3 Å². The van der Waals surface area contributed by atoms with Crippen LogP contribution in [-0.2, 0) is 11.2 Å². The van der Waals surface area contributed by atoms with Gasteiger partial charge in [0.05, 0.1) is 6.04 Å². The Kier molecular flexibility index (Phi) is 3.51. The van der Waals surface area contributed by atoms with E-state index in [4.69, 9.17) is 0 Å². The maximum absolute atomic E-state index is 12.2. The molecule has 2 heteroatoms. The molecule has 0 spiro atoms. The molecule has 2 nitrogen and oxygen atoms in total. The van der Waals surface area contributed by atoms with Crippen molar-refractivity contribution in [2.75, 3.05) is 6.54 Å². The van der Waals surface area contributed by atoms with E-state index in [1.54, 1.807) is 0 Å². The normalized spacial score (nSPS) is 19.3. The van der Waals surface area contributed by atoms with E-state index in [-0.39, 0.29) is 6.04 Å². The van der Waals surface area contributed by atoms with E-state index in [0.717, 1.165) is 13.0 Å². The maximum atomic E-state index is 12.2. The SMILES string of the molecule is CC(C)CC(=O)N1CCc2ccccc2C1C. The molecule has 0 saturated heterocycles. The Balaban J connectivity index is 2.17. The number of fused-ring (bicyclic) bond motifs is 1. The predicted molar refractivity (Wildman–Crippen MR) is 69.7 cm³/mol. The molecule has 1 aromatic carbocycles. The minimum absolute atomic E-state index is 0.228. The molecule has 1 unspecified atom stereocenters. The smallest absolute Gasteiger partial charge is 0.223 e. The summed E-state index contributed by atoms with van der Waals surface area (Å²) < 4.78 is 0. The molecule has 1 aromatic rings. The molecule has 0 bridgehead atoms. The second-order valence-corrected chi connectivity index (χ2v) is 5.31. The van der Waals surface area contributed by atoms with E-state index in [2.05, 4.69) is 45.0 Å². The number of nitrogens with zero attached hydrogens (tertiary/aromatic N) is 1. The van der Waals surface area contributed by atoms with Gasteiger partial charge in [-0.3, -0.25) is 4.79 Å². The quantitative estimate of drug-likeness (QED) is 0.765. The number of carbonyl (C=O) groups is 1. The third-order valence-electron chi connectivity index (χ3n) is 3.50. The van der Waals surface area contributed by atoms with E-state index < -0.39 is 0 Å². The zero-order chi connectivity index (χ0) is 12.4. The van der Waals surface area contributed by atoms with Gasteiger partial charge in [0, 0.05) is 13.0 Å². The van der Waals surface area contributed by atoms with E-state index in [1.807, 2.05) is 4.90 Å². The first-order chi connectivity index (χ1) is 8.09. The Bertz CT molecular complexity index is 411. The van der Waals surface area contributed by atoms with Crippen LogP contribution in [0.4, 0.5) is 0 Å². The molecule has 0 saturated carbocycles.